The quantitative estimate of drug-likeness (QED) is 0.695. The molecule has 0 aliphatic carbocycles. The first kappa shape index (κ1) is 13.1. The molecule has 1 aromatic carbocycles. The Kier molecular flexibility index (Phi) is 6.04. The molecule has 0 bridgehead atoms. The van der Waals surface area contributed by atoms with Gasteiger partial charge in [-0.1, -0.05) is 19.1 Å². The predicted octanol–water partition coefficient (Wildman–Crippen LogP) is 1.98. The van der Waals surface area contributed by atoms with E-state index in [1.54, 1.807) is 12.1 Å². The number of benzene rings is 1. The minimum absolute atomic E-state index is 0.192. The molecule has 16 heavy (non-hydrogen) atoms. The number of rotatable bonds is 7. The average molecular weight is 225 g/mol. The number of hydrogen-bond acceptors (Lipinski definition) is 2. The van der Waals surface area contributed by atoms with Crippen molar-refractivity contribution in [1.82, 2.24) is 5.32 Å². The van der Waals surface area contributed by atoms with Gasteiger partial charge >= 0.3 is 0 Å². The van der Waals surface area contributed by atoms with E-state index >= 15 is 0 Å². The third kappa shape index (κ3) is 4.73. The molecule has 1 aromatic rings. The van der Waals surface area contributed by atoms with Crippen molar-refractivity contribution in [3.63, 3.8) is 0 Å². The molecule has 0 aromatic heterocycles. The van der Waals surface area contributed by atoms with Gasteiger partial charge in [0.25, 0.3) is 0 Å². The zero-order valence-electron chi connectivity index (χ0n) is 9.75. The topological polar surface area (TPSA) is 32.3 Å². The number of nitrogens with one attached hydrogen (secondary N) is 1. The van der Waals surface area contributed by atoms with Crippen LogP contribution in [0, 0.1) is 11.7 Å². The normalized spacial score (nSPS) is 12.7. The molecule has 0 saturated heterocycles. The van der Waals surface area contributed by atoms with Crippen molar-refractivity contribution >= 4 is 0 Å². The molecule has 0 heterocycles. The van der Waals surface area contributed by atoms with E-state index in [1.807, 2.05) is 0 Å². The summed E-state index contributed by atoms with van der Waals surface area (Å²) in [6.07, 6.45) is 1.88. The summed E-state index contributed by atoms with van der Waals surface area (Å²) in [7, 11) is 0. The highest BCUT2D eigenvalue weighted by Crippen LogP contribution is 2.03. The third-order valence-corrected chi connectivity index (χ3v) is 2.77. The van der Waals surface area contributed by atoms with Crippen molar-refractivity contribution in [2.24, 2.45) is 5.92 Å². The minimum atomic E-state index is -0.192. The van der Waals surface area contributed by atoms with Crippen molar-refractivity contribution in [2.45, 2.75) is 19.8 Å². The standard InChI is InChI=1S/C13H20FNO/c1-2-11(10-16)9-15-8-7-12-3-5-13(14)6-4-12/h3-6,11,15-16H,2,7-10H2,1H3. The van der Waals surface area contributed by atoms with Crippen LogP contribution < -0.4 is 5.32 Å². The number of aliphatic hydroxyl groups excluding tert-OH is 1. The van der Waals surface area contributed by atoms with Crippen LogP contribution >= 0.6 is 0 Å². The van der Waals surface area contributed by atoms with Crippen molar-refractivity contribution in [2.75, 3.05) is 19.7 Å². The lowest BCUT2D eigenvalue weighted by molar-refractivity contribution is 0.219. The first-order valence-corrected chi connectivity index (χ1v) is 5.82. The summed E-state index contributed by atoms with van der Waals surface area (Å²) in [6.45, 7) is 4.01. The highest BCUT2D eigenvalue weighted by Gasteiger charge is 2.02. The summed E-state index contributed by atoms with van der Waals surface area (Å²) in [5, 5.41) is 12.3. The summed E-state index contributed by atoms with van der Waals surface area (Å²) in [5.41, 5.74) is 1.13. The molecule has 0 fully saturated rings. The molecule has 3 heteroatoms. The third-order valence-electron chi connectivity index (χ3n) is 2.77. The van der Waals surface area contributed by atoms with E-state index in [0.29, 0.717) is 5.92 Å². The molecule has 0 spiro atoms. The van der Waals surface area contributed by atoms with Gasteiger partial charge < -0.3 is 10.4 Å². The van der Waals surface area contributed by atoms with Gasteiger partial charge in [-0.2, -0.15) is 0 Å². The van der Waals surface area contributed by atoms with E-state index in [1.165, 1.54) is 12.1 Å². The molecule has 90 valence electrons. The molecule has 2 nitrogen and oxygen atoms in total. The van der Waals surface area contributed by atoms with Crippen molar-refractivity contribution < 1.29 is 9.50 Å². The molecule has 1 unspecified atom stereocenters. The molecular weight excluding hydrogens is 205 g/mol. The number of halogens is 1. The second-order valence-electron chi connectivity index (χ2n) is 4.04. The molecule has 0 aliphatic heterocycles. The van der Waals surface area contributed by atoms with Gasteiger partial charge in [-0.3, -0.25) is 0 Å². The molecule has 0 amide bonds. The van der Waals surface area contributed by atoms with E-state index in [9.17, 15) is 4.39 Å². The van der Waals surface area contributed by atoms with E-state index in [-0.39, 0.29) is 12.4 Å². The fourth-order valence-corrected chi connectivity index (χ4v) is 1.53. The smallest absolute Gasteiger partial charge is 0.123 e. The van der Waals surface area contributed by atoms with Gasteiger partial charge in [0.15, 0.2) is 0 Å². The van der Waals surface area contributed by atoms with Gasteiger partial charge in [0.2, 0.25) is 0 Å². The predicted molar refractivity (Wildman–Crippen MR) is 63.8 cm³/mol. The van der Waals surface area contributed by atoms with Crippen LogP contribution in [0.2, 0.25) is 0 Å². The zero-order chi connectivity index (χ0) is 11.8. The monoisotopic (exact) mass is 225 g/mol. The van der Waals surface area contributed by atoms with Crippen LogP contribution in [0.3, 0.4) is 0 Å². The summed E-state index contributed by atoms with van der Waals surface area (Å²) >= 11 is 0. The van der Waals surface area contributed by atoms with Crippen molar-refractivity contribution in [3.8, 4) is 0 Å². The molecule has 0 radical (unpaired) electrons. The molecule has 2 N–H and O–H groups in total. The minimum Gasteiger partial charge on any atom is -0.396 e. The summed E-state index contributed by atoms with van der Waals surface area (Å²) in [5.74, 6) is 0.149. The van der Waals surface area contributed by atoms with E-state index in [4.69, 9.17) is 5.11 Å². The van der Waals surface area contributed by atoms with E-state index in [0.717, 1.165) is 31.5 Å². The van der Waals surface area contributed by atoms with Crippen LogP contribution in [0.1, 0.15) is 18.9 Å². The Balaban J connectivity index is 2.18. The first-order valence-electron chi connectivity index (χ1n) is 5.82. The SMILES string of the molecule is CCC(CO)CNCCc1ccc(F)cc1. The Morgan fingerprint density at radius 3 is 2.56 bits per heavy atom. The highest BCUT2D eigenvalue weighted by molar-refractivity contribution is 5.16. The Hall–Kier alpha value is -0.930. The number of hydrogen-bond donors (Lipinski definition) is 2. The van der Waals surface area contributed by atoms with Gasteiger partial charge in [0, 0.05) is 13.2 Å². The van der Waals surface area contributed by atoms with Gasteiger partial charge in [-0.15, -0.1) is 0 Å². The average Bonchev–Trinajstić information content (AvgIpc) is 2.32. The van der Waals surface area contributed by atoms with Gasteiger partial charge in [0.05, 0.1) is 0 Å². The van der Waals surface area contributed by atoms with Crippen LogP contribution in [0.5, 0.6) is 0 Å². The van der Waals surface area contributed by atoms with Crippen LogP contribution in [0.15, 0.2) is 24.3 Å². The lowest BCUT2D eigenvalue weighted by Crippen LogP contribution is -2.26. The Morgan fingerprint density at radius 2 is 2.00 bits per heavy atom. The summed E-state index contributed by atoms with van der Waals surface area (Å²) < 4.78 is 12.6. The fourth-order valence-electron chi connectivity index (χ4n) is 1.53. The fraction of sp³-hybridized carbons (Fsp3) is 0.538. The van der Waals surface area contributed by atoms with E-state index < -0.39 is 0 Å². The second kappa shape index (κ2) is 7.36. The Morgan fingerprint density at radius 1 is 1.31 bits per heavy atom. The van der Waals surface area contributed by atoms with Crippen LogP contribution in [-0.4, -0.2) is 24.8 Å². The van der Waals surface area contributed by atoms with Gasteiger partial charge in [-0.25, -0.2) is 4.39 Å². The molecular formula is C13H20FNO. The van der Waals surface area contributed by atoms with Crippen molar-refractivity contribution in [1.29, 1.82) is 0 Å². The van der Waals surface area contributed by atoms with Crippen LogP contribution in [-0.2, 0) is 6.42 Å². The molecule has 0 aliphatic rings. The largest absolute Gasteiger partial charge is 0.396 e. The van der Waals surface area contributed by atoms with Crippen molar-refractivity contribution in [3.05, 3.63) is 35.6 Å². The zero-order valence-corrected chi connectivity index (χ0v) is 9.75. The highest BCUT2D eigenvalue weighted by atomic mass is 19.1. The maximum absolute atomic E-state index is 12.6. The summed E-state index contributed by atoms with van der Waals surface area (Å²) in [4.78, 5) is 0. The van der Waals surface area contributed by atoms with E-state index in [2.05, 4.69) is 12.2 Å². The lowest BCUT2D eigenvalue weighted by Gasteiger charge is -2.12. The maximum Gasteiger partial charge on any atom is 0.123 e. The maximum atomic E-state index is 12.6. The lowest BCUT2D eigenvalue weighted by atomic mass is 10.1. The van der Waals surface area contributed by atoms with Crippen LogP contribution in [0.25, 0.3) is 0 Å². The van der Waals surface area contributed by atoms with Gasteiger partial charge in [-0.05, 0) is 43.0 Å². The Labute approximate surface area is 96.5 Å². The van der Waals surface area contributed by atoms with Crippen LogP contribution in [0.4, 0.5) is 4.39 Å². The molecule has 1 atom stereocenters. The summed E-state index contributed by atoms with van der Waals surface area (Å²) in [6, 6.07) is 6.58. The van der Waals surface area contributed by atoms with Gasteiger partial charge in [0.1, 0.15) is 5.82 Å². The molecule has 1 rings (SSSR count). The first-order chi connectivity index (χ1) is 7.76. The number of aliphatic hydroxyl groups is 1. The molecule has 0 saturated carbocycles. The Bertz CT molecular complexity index is 282. The second-order valence-corrected chi connectivity index (χ2v) is 4.04.